The van der Waals surface area contributed by atoms with Crippen molar-refractivity contribution in [3.8, 4) is 0 Å². The normalized spacial score (nSPS) is 30.0. The Labute approximate surface area is 292 Å². The number of nitrogens with one attached hydrogen (secondary N) is 3. The van der Waals surface area contributed by atoms with Crippen molar-refractivity contribution in [3.05, 3.63) is 47.5 Å². The molecule has 2 aliphatic carbocycles. The van der Waals surface area contributed by atoms with Gasteiger partial charge in [0.1, 0.15) is 23.7 Å². The third-order valence-corrected chi connectivity index (χ3v) is 12.4. The molecule has 4 bridgehead atoms. The number of cyclic esters (lactones) is 1. The Morgan fingerprint density at radius 1 is 1.10 bits per heavy atom. The summed E-state index contributed by atoms with van der Waals surface area (Å²) in [5.41, 5.74) is 1.45. The van der Waals surface area contributed by atoms with Crippen LogP contribution in [0.15, 0.2) is 30.9 Å². The van der Waals surface area contributed by atoms with E-state index in [1.165, 1.54) is 23.5 Å². The topological polar surface area (TPSA) is 181 Å². The summed E-state index contributed by atoms with van der Waals surface area (Å²) < 4.78 is 38.7. The molecular weight excluding hydrogens is 666 g/mol. The molecule has 50 heavy (non-hydrogen) atoms. The lowest BCUT2D eigenvalue weighted by molar-refractivity contribution is -0.140. The molecule has 3 fully saturated rings. The second-order valence-electron chi connectivity index (χ2n) is 15.2. The van der Waals surface area contributed by atoms with Crippen LogP contribution >= 0.6 is 0 Å². The maximum atomic E-state index is 14.0. The Hall–Kier alpha value is -4.14. The van der Waals surface area contributed by atoms with E-state index in [1.807, 2.05) is 26.0 Å². The van der Waals surface area contributed by atoms with Crippen molar-refractivity contribution in [3.63, 3.8) is 0 Å². The van der Waals surface area contributed by atoms with Gasteiger partial charge in [0.15, 0.2) is 0 Å². The van der Waals surface area contributed by atoms with Crippen LogP contribution in [0.4, 0.5) is 9.59 Å². The Bertz CT molecular complexity index is 1690. The number of benzene rings is 1. The molecule has 15 heteroatoms. The van der Waals surface area contributed by atoms with E-state index in [-0.39, 0.29) is 31.4 Å². The van der Waals surface area contributed by atoms with Crippen LogP contribution in [0.3, 0.4) is 0 Å². The van der Waals surface area contributed by atoms with Gasteiger partial charge in [-0.05, 0) is 67.6 Å². The van der Waals surface area contributed by atoms with Crippen molar-refractivity contribution < 1.29 is 41.9 Å². The Balaban J connectivity index is 1.23. The molecule has 272 valence electrons. The Morgan fingerprint density at radius 2 is 1.84 bits per heavy atom. The van der Waals surface area contributed by atoms with Crippen LogP contribution in [-0.4, -0.2) is 90.3 Å². The lowest BCUT2D eigenvalue weighted by Crippen LogP contribution is -2.58. The van der Waals surface area contributed by atoms with Crippen molar-refractivity contribution in [2.24, 2.45) is 11.3 Å². The first-order valence-electron chi connectivity index (χ1n) is 17.4. The zero-order valence-electron chi connectivity index (χ0n) is 28.9. The van der Waals surface area contributed by atoms with Crippen LogP contribution in [-0.2, 0) is 53.4 Å². The number of sulfonamides is 1. The molecule has 3 heterocycles. The molecule has 5 amide bonds. The maximum absolute atomic E-state index is 14.0. The van der Waals surface area contributed by atoms with Crippen LogP contribution in [0, 0.1) is 11.3 Å². The molecule has 1 aromatic rings. The van der Waals surface area contributed by atoms with E-state index >= 15 is 0 Å². The van der Waals surface area contributed by atoms with E-state index in [0.29, 0.717) is 25.9 Å². The molecule has 0 spiro atoms. The maximum Gasteiger partial charge on any atom is 0.410 e. The minimum absolute atomic E-state index is 0.0719. The van der Waals surface area contributed by atoms with Crippen LogP contribution in [0.5, 0.6) is 0 Å². The van der Waals surface area contributed by atoms with Crippen LogP contribution < -0.4 is 15.4 Å². The summed E-state index contributed by atoms with van der Waals surface area (Å²) in [6.07, 6.45) is 3.71. The van der Waals surface area contributed by atoms with Gasteiger partial charge in [-0.3, -0.25) is 24.0 Å². The largest absolute Gasteiger partial charge is 0.449 e. The van der Waals surface area contributed by atoms with Gasteiger partial charge < -0.3 is 25.0 Å². The summed E-state index contributed by atoms with van der Waals surface area (Å²) in [6, 6.07) is 3.78. The molecule has 3 aliphatic heterocycles. The highest BCUT2D eigenvalue weighted by Gasteiger charge is 2.62. The van der Waals surface area contributed by atoms with E-state index < -0.39 is 74.8 Å². The quantitative estimate of drug-likeness (QED) is 0.374. The van der Waals surface area contributed by atoms with Gasteiger partial charge >= 0.3 is 12.2 Å². The molecule has 14 nitrogen and oxygen atoms in total. The van der Waals surface area contributed by atoms with Gasteiger partial charge in [-0.1, -0.05) is 44.5 Å². The fourth-order valence-electron chi connectivity index (χ4n) is 7.25. The number of nitrogens with zero attached hydrogens (tertiary/aromatic N) is 2. The first kappa shape index (κ1) is 35.7. The minimum atomic E-state index is -3.89. The minimum Gasteiger partial charge on any atom is -0.449 e. The number of alkyl carbamates (subject to hydrolysis) is 1. The Kier molecular flexibility index (Phi) is 9.66. The molecular formula is C35H47N5O9S. The molecule has 0 unspecified atom stereocenters. The highest BCUT2D eigenvalue weighted by molar-refractivity contribution is 7.91. The fourth-order valence-corrected chi connectivity index (χ4v) is 8.61. The highest BCUT2D eigenvalue weighted by atomic mass is 32.2. The number of rotatable bonds is 6. The van der Waals surface area contributed by atoms with Gasteiger partial charge in [0.25, 0.3) is 5.91 Å². The number of fused-ring (bicyclic) bond motifs is 3. The van der Waals surface area contributed by atoms with Crippen molar-refractivity contribution in [1.82, 2.24) is 25.2 Å². The highest BCUT2D eigenvalue weighted by Crippen LogP contribution is 2.45. The van der Waals surface area contributed by atoms with E-state index in [0.717, 1.165) is 36.8 Å². The monoisotopic (exact) mass is 713 g/mol. The van der Waals surface area contributed by atoms with Gasteiger partial charge in [-0.15, -0.1) is 6.58 Å². The van der Waals surface area contributed by atoms with Crippen molar-refractivity contribution in [1.29, 1.82) is 0 Å². The number of hydrogen-bond acceptors (Lipinski definition) is 9. The lowest BCUT2D eigenvalue weighted by atomic mass is 9.87. The van der Waals surface area contributed by atoms with E-state index in [4.69, 9.17) is 9.47 Å². The number of ether oxygens (including phenoxy) is 2. The number of amides is 5. The molecule has 6 rings (SSSR count). The van der Waals surface area contributed by atoms with Gasteiger partial charge in [-0.25, -0.2) is 18.0 Å². The fraction of sp³-hybridized carbons (Fsp3) is 0.629. The number of carbonyl (C=O) groups is 5. The molecule has 2 saturated carbocycles. The summed E-state index contributed by atoms with van der Waals surface area (Å²) in [6.45, 7) is 10.0. The Morgan fingerprint density at radius 3 is 2.54 bits per heavy atom. The lowest BCUT2D eigenvalue weighted by Gasteiger charge is -2.29. The van der Waals surface area contributed by atoms with Crippen molar-refractivity contribution in [2.45, 2.75) is 114 Å². The van der Waals surface area contributed by atoms with E-state index in [2.05, 4.69) is 28.0 Å². The second-order valence-corrected chi connectivity index (χ2v) is 17.1. The smallest absolute Gasteiger partial charge is 0.410 e. The third-order valence-electron chi connectivity index (χ3n) is 10.6. The molecule has 5 aliphatic rings. The summed E-state index contributed by atoms with van der Waals surface area (Å²) in [4.78, 5) is 70.3. The molecule has 1 aromatic carbocycles. The summed E-state index contributed by atoms with van der Waals surface area (Å²) >= 11 is 0. The molecule has 1 saturated heterocycles. The van der Waals surface area contributed by atoms with Crippen molar-refractivity contribution >= 4 is 39.9 Å². The third kappa shape index (κ3) is 7.47. The van der Waals surface area contributed by atoms with E-state index in [1.54, 1.807) is 4.90 Å². The molecule has 3 N–H and O–H groups in total. The zero-order valence-corrected chi connectivity index (χ0v) is 29.7. The number of hydrogen-bond donors (Lipinski definition) is 3. The van der Waals surface area contributed by atoms with Crippen molar-refractivity contribution in [2.75, 3.05) is 13.2 Å². The number of aryl methyl sites for hydroxylation is 1. The van der Waals surface area contributed by atoms with Crippen LogP contribution in [0.25, 0.3) is 0 Å². The molecule has 0 aromatic heterocycles. The second kappa shape index (κ2) is 13.5. The summed E-state index contributed by atoms with van der Waals surface area (Å²) in [7, 11) is -3.89. The summed E-state index contributed by atoms with van der Waals surface area (Å²) in [5, 5.41) is 4.63. The number of carbonyl (C=O) groups excluding carboxylic acids is 5. The van der Waals surface area contributed by atoms with E-state index in [9.17, 15) is 32.4 Å². The van der Waals surface area contributed by atoms with Gasteiger partial charge in [0.05, 0.1) is 18.4 Å². The average molecular weight is 714 g/mol. The first-order valence-corrected chi connectivity index (χ1v) is 19.0. The molecule has 0 radical (unpaired) electrons. The standard InChI is InChI=1S/C35H47N5O9S/c1-5-24-16-35(24,31(43)38-50(46,47)26-12-13-26)37-29(41)28-15-25-18-40(28)30(42)21(2)36-32(44)48-20-34(3,4)14-7-6-9-22-10-8-11-23-17-39(19-27(22)23)33(45)49-25/h5,8,10-11,21,24-26,28H,1,6-7,9,12-20H2,2-4H3,(H,36,44)(H,37,41)(H,38,43)/t21-,24+,25+,28-,35+/m0/s1. The van der Waals surface area contributed by atoms with Gasteiger partial charge in [-0.2, -0.15) is 0 Å². The zero-order chi connectivity index (χ0) is 36.0. The predicted molar refractivity (Wildman–Crippen MR) is 181 cm³/mol. The van der Waals surface area contributed by atoms with Crippen LogP contribution in [0.2, 0.25) is 0 Å². The average Bonchev–Trinajstić information content (AvgIpc) is 3.95. The summed E-state index contributed by atoms with van der Waals surface area (Å²) in [5.74, 6) is -2.72. The molecule has 5 atom stereocenters. The van der Waals surface area contributed by atoms with Gasteiger partial charge in [0, 0.05) is 25.4 Å². The van der Waals surface area contributed by atoms with Gasteiger partial charge in [0.2, 0.25) is 21.8 Å². The SMILES string of the molecule is C=C[C@@H]1C[C@]1(NC(=O)[C@@H]1C[C@@H]2CN1C(=O)[C@H](C)NC(=O)OCC(C)(C)CCCCc1cccc3c1CN(C3)C(=O)O2)C(=O)NS(=O)(=O)C1CC1. The first-order chi connectivity index (χ1) is 23.6. The van der Waals surface area contributed by atoms with Crippen LogP contribution in [0.1, 0.15) is 82.4 Å². The predicted octanol–water partition coefficient (Wildman–Crippen LogP) is 2.64.